The molecule has 1 saturated heterocycles. The van der Waals surface area contributed by atoms with Crippen molar-refractivity contribution in [1.82, 2.24) is 19.4 Å². The average Bonchev–Trinajstić information content (AvgIpc) is 3.17. The van der Waals surface area contributed by atoms with Crippen molar-refractivity contribution < 1.29 is 9.21 Å². The molecule has 3 heterocycles. The molecule has 6 nitrogen and oxygen atoms in total. The quantitative estimate of drug-likeness (QED) is 0.858. The number of rotatable bonds is 4. The number of furan rings is 1. The number of piperazine rings is 1. The van der Waals surface area contributed by atoms with Crippen LogP contribution in [0, 0.1) is 0 Å². The SMILES string of the molecule is CN1CCN(C(=O)CCc2ccoc2)C[C@H]1c1nccn1C. The molecule has 0 spiro atoms. The first kappa shape index (κ1) is 14.8. The molecule has 0 radical (unpaired) electrons. The van der Waals surface area contributed by atoms with Gasteiger partial charge in [-0.3, -0.25) is 9.69 Å². The van der Waals surface area contributed by atoms with E-state index in [1.165, 1.54) is 0 Å². The largest absolute Gasteiger partial charge is 0.472 e. The van der Waals surface area contributed by atoms with Gasteiger partial charge in [-0.2, -0.15) is 0 Å². The highest BCUT2D eigenvalue weighted by Crippen LogP contribution is 2.23. The molecule has 0 unspecified atom stereocenters. The highest BCUT2D eigenvalue weighted by molar-refractivity contribution is 5.76. The van der Waals surface area contributed by atoms with Gasteiger partial charge >= 0.3 is 0 Å². The Morgan fingerprint density at radius 1 is 1.41 bits per heavy atom. The molecule has 22 heavy (non-hydrogen) atoms. The fourth-order valence-electron chi connectivity index (χ4n) is 2.92. The zero-order valence-electron chi connectivity index (χ0n) is 13.1. The van der Waals surface area contributed by atoms with Crippen LogP contribution in [0.4, 0.5) is 0 Å². The number of aryl methyl sites for hydroxylation is 2. The zero-order chi connectivity index (χ0) is 15.5. The Morgan fingerprint density at radius 2 is 2.27 bits per heavy atom. The summed E-state index contributed by atoms with van der Waals surface area (Å²) in [6, 6.07) is 2.07. The number of hydrogen-bond donors (Lipinski definition) is 0. The van der Waals surface area contributed by atoms with Crippen LogP contribution in [0.2, 0.25) is 0 Å². The van der Waals surface area contributed by atoms with E-state index in [0.717, 1.165) is 30.9 Å². The Morgan fingerprint density at radius 3 is 2.95 bits per heavy atom. The maximum Gasteiger partial charge on any atom is 0.223 e. The molecule has 2 aromatic heterocycles. The molecule has 0 saturated carbocycles. The number of amides is 1. The summed E-state index contributed by atoms with van der Waals surface area (Å²) in [5, 5.41) is 0. The van der Waals surface area contributed by atoms with Gasteiger partial charge in [0.05, 0.1) is 18.6 Å². The number of nitrogens with zero attached hydrogens (tertiary/aromatic N) is 4. The third-order valence-corrected chi connectivity index (χ3v) is 4.36. The van der Waals surface area contributed by atoms with Gasteiger partial charge in [0.15, 0.2) is 0 Å². The molecular formula is C16H22N4O2. The van der Waals surface area contributed by atoms with Gasteiger partial charge in [-0.25, -0.2) is 4.98 Å². The maximum absolute atomic E-state index is 12.4. The van der Waals surface area contributed by atoms with Gasteiger partial charge in [0.1, 0.15) is 5.82 Å². The number of imidazole rings is 1. The Labute approximate surface area is 130 Å². The summed E-state index contributed by atoms with van der Waals surface area (Å²) >= 11 is 0. The molecule has 0 bridgehead atoms. The second-order valence-electron chi connectivity index (χ2n) is 5.86. The Balaban J connectivity index is 1.62. The minimum absolute atomic E-state index is 0.159. The first-order valence-corrected chi connectivity index (χ1v) is 7.61. The number of hydrogen-bond acceptors (Lipinski definition) is 4. The lowest BCUT2D eigenvalue weighted by Crippen LogP contribution is -2.49. The molecular weight excluding hydrogens is 280 g/mol. The van der Waals surface area contributed by atoms with E-state index < -0.39 is 0 Å². The van der Waals surface area contributed by atoms with Crippen molar-refractivity contribution in [2.45, 2.75) is 18.9 Å². The predicted molar refractivity (Wildman–Crippen MR) is 82.2 cm³/mol. The van der Waals surface area contributed by atoms with Crippen LogP contribution in [0.3, 0.4) is 0 Å². The molecule has 1 fully saturated rings. The summed E-state index contributed by atoms with van der Waals surface area (Å²) in [7, 11) is 4.09. The smallest absolute Gasteiger partial charge is 0.223 e. The van der Waals surface area contributed by atoms with Gasteiger partial charge in [-0.05, 0) is 25.1 Å². The summed E-state index contributed by atoms with van der Waals surface area (Å²) in [6.45, 7) is 2.35. The normalized spacial score (nSPS) is 19.5. The molecule has 1 aliphatic heterocycles. The molecule has 0 aromatic carbocycles. The average molecular weight is 302 g/mol. The third-order valence-electron chi connectivity index (χ3n) is 4.36. The van der Waals surface area contributed by atoms with Crippen molar-refractivity contribution in [3.05, 3.63) is 42.4 Å². The molecule has 1 amide bonds. The number of carbonyl (C=O) groups is 1. The fourth-order valence-corrected chi connectivity index (χ4v) is 2.92. The van der Waals surface area contributed by atoms with Gasteiger partial charge in [0.2, 0.25) is 5.91 Å². The Kier molecular flexibility index (Phi) is 4.29. The summed E-state index contributed by atoms with van der Waals surface area (Å²) in [5.41, 5.74) is 1.07. The van der Waals surface area contributed by atoms with Gasteiger partial charge in [-0.1, -0.05) is 0 Å². The predicted octanol–water partition coefficient (Wildman–Crippen LogP) is 1.46. The Bertz CT molecular complexity index is 620. The minimum atomic E-state index is 0.159. The maximum atomic E-state index is 12.4. The van der Waals surface area contributed by atoms with Gasteiger partial charge < -0.3 is 13.9 Å². The third kappa shape index (κ3) is 3.06. The van der Waals surface area contributed by atoms with Crippen molar-refractivity contribution in [1.29, 1.82) is 0 Å². The first-order valence-electron chi connectivity index (χ1n) is 7.61. The summed E-state index contributed by atoms with van der Waals surface area (Å²) < 4.78 is 7.07. The van der Waals surface area contributed by atoms with E-state index in [1.54, 1.807) is 12.5 Å². The monoisotopic (exact) mass is 302 g/mol. The van der Waals surface area contributed by atoms with Crippen LogP contribution >= 0.6 is 0 Å². The van der Waals surface area contributed by atoms with Crippen LogP contribution in [-0.4, -0.2) is 51.9 Å². The van der Waals surface area contributed by atoms with Crippen molar-refractivity contribution in [3.63, 3.8) is 0 Å². The number of aromatic nitrogens is 2. The van der Waals surface area contributed by atoms with Crippen molar-refractivity contribution in [2.75, 3.05) is 26.7 Å². The molecule has 3 rings (SSSR count). The van der Waals surface area contributed by atoms with Gasteiger partial charge in [-0.15, -0.1) is 0 Å². The van der Waals surface area contributed by atoms with Crippen LogP contribution in [-0.2, 0) is 18.3 Å². The highest BCUT2D eigenvalue weighted by atomic mass is 16.3. The van der Waals surface area contributed by atoms with Gasteiger partial charge in [0.25, 0.3) is 0 Å². The van der Waals surface area contributed by atoms with Crippen LogP contribution in [0.15, 0.2) is 35.4 Å². The van der Waals surface area contributed by atoms with Crippen molar-refractivity contribution in [2.24, 2.45) is 7.05 Å². The molecule has 0 N–H and O–H groups in total. The van der Waals surface area contributed by atoms with E-state index in [2.05, 4.69) is 16.9 Å². The molecule has 0 aliphatic carbocycles. The van der Waals surface area contributed by atoms with E-state index in [4.69, 9.17) is 4.42 Å². The lowest BCUT2D eigenvalue weighted by molar-refractivity contribution is -0.134. The standard InChI is InChI=1S/C16H22N4O2/c1-18-8-9-20(11-14(18)16-17-6-7-19(16)2)15(21)4-3-13-5-10-22-12-13/h5-7,10,12,14H,3-4,8-9,11H2,1-2H3/t14-/m0/s1. The summed E-state index contributed by atoms with van der Waals surface area (Å²) in [5.74, 6) is 1.21. The Hall–Kier alpha value is -2.08. The van der Waals surface area contributed by atoms with E-state index in [9.17, 15) is 4.79 Å². The first-order chi connectivity index (χ1) is 10.6. The summed E-state index contributed by atoms with van der Waals surface area (Å²) in [6.07, 6.45) is 8.36. The molecule has 118 valence electrons. The van der Waals surface area contributed by atoms with Crippen LogP contribution in [0.5, 0.6) is 0 Å². The molecule has 1 atom stereocenters. The topological polar surface area (TPSA) is 54.5 Å². The lowest BCUT2D eigenvalue weighted by Gasteiger charge is -2.39. The molecule has 1 aliphatic rings. The lowest BCUT2D eigenvalue weighted by atomic mass is 10.1. The van der Waals surface area contributed by atoms with E-state index in [-0.39, 0.29) is 11.9 Å². The highest BCUT2D eigenvalue weighted by Gasteiger charge is 2.30. The van der Waals surface area contributed by atoms with E-state index >= 15 is 0 Å². The zero-order valence-corrected chi connectivity index (χ0v) is 13.1. The summed E-state index contributed by atoms with van der Waals surface area (Å²) in [4.78, 5) is 21.1. The van der Waals surface area contributed by atoms with E-state index in [0.29, 0.717) is 13.0 Å². The van der Waals surface area contributed by atoms with Crippen LogP contribution in [0.1, 0.15) is 23.9 Å². The second kappa shape index (κ2) is 6.36. The fraction of sp³-hybridized carbons (Fsp3) is 0.500. The molecule has 6 heteroatoms. The van der Waals surface area contributed by atoms with Gasteiger partial charge in [0, 0.05) is 45.5 Å². The van der Waals surface area contributed by atoms with Crippen LogP contribution < -0.4 is 0 Å². The van der Waals surface area contributed by atoms with E-state index in [1.807, 2.05) is 35.0 Å². The van der Waals surface area contributed by atoms with Crippen molar-refractivity contribution in [3.8, 4) is 0 Å². The number of likely N-dealkylation sites (N-methyl/N-ethyl adjacent to an activating group) is 1. The van der Waals surface area contributed by atoms with Crippen molar-refractivity contribution >= 4 is 5.91 Å². The van der Waals surface area contributed by atoms with Crippen LogP contribution in [0.25, 0.3) is 0 Å². The number of carbonyl (C=O) groups excluding carboxylic acids is 1. The minimum Gasteiger partial charge on any atom is -0.472 e. The molecule has 2 aromatic rings. The second-order valence-corrected chi connectivity index (χ2v) is 5.86.